The molecule has 1 aliphatic rings. The van der Waals surface area contributed by atoms with Crippen molar-refractivity contribution in [1.82, 2.24) is 5.32 Å². The second kappa shape index (κ2) is 7.80. The van der Waals surface area contributed by atoms with Gasteiger partial charge in [0.15, 0.2) is 0 Å². The first-order valence-corrected chi connectivity index (χ1v) is 8.11. The first-order chi connectivity index (χ1) is 10.1. The predicted molar refractivity (Wildman–Crippen MR) is 85.5 cm³/mol. The Morgan fingerprint density at radius 3 is 2.86 bits per heavy atom. The van der Waals surface area contributed by atoms with E-state index in [1.165, 1.54) is 20.0 Å². The fourth-order valence-corrected chi connectivity index (χ4v) is 2.79. The zero-order chi connectivity index (χ0) is 15.2. The van der Waals surface area contributed by atoms with Crippen LogP contribution in [0.3, 0.4) is 0 Å². The molecule has 1 saturated carbocycles. The van der Waals surface area contributed by atoms with Crippen LogP contribution in [0.1, 0.15) is 36.8 Å². The third kappa shape index (κ3) is 5.32. The zero-order valence-electron chi connectivity index (χ0n) is 12.6. The van der Waals surface area contributed by atoms with Crippen molar-refractivity contribution >= 4 is 21.9 Å². The van der Waals surface area contributed by atoms with E-state index in [0.29, 0.717) is 25.5 Å². The average molecular weight is 356 g/mol. The molecule has 4 nitrogen and oxygen atoms in total. The van der Waals surface area contributed by atoms with Crippen LogP contribution in [-0.4, -0.2) is 25.7 Å². The van der Waals surface area contributed by atoms with E-state index in [9.17, 15) is 4.79 Å². The molecule has 0 aromatic heterocycles. The number of hydrogen-bond acceptors (Lipinski definition) is 4. The number of halogens is 1. The van der Waals surface area contributed by atoms with Crippen molar-refractivity contribution in [2.45, 2.75) is 45.2 Å². The molecular formula is C16H22BrNO3. The number of esters is 1. The summed E-state index contributed by atoms with van der Waals surface area (Å²) in [6.45, 7) is 3.38. The topological polar surface area (TPSA) is 47.6 Å². The second-order valence-electron chi connectivity index (χ2n) is 5.39. The van der Waals surface area contributed by atoms with E-state index < -0.39 is 0 Å². The largest absolute Gasteiger partial charge is 0.493 e. The third-order valence-electron chi connectivity index (χ3n) is 3.47. The first kappa shape index (κ1) is 16.3. The number of hydrogen-bond donors (Lipinski definition) is 1. The number of carbonyl (C=O) groups is 1. The molecule has 21 heavy (non-hydrogen) atoms. The van der Waals surface area contributed by atoms with E-state index in [4.69, 9.17) is 4.74 Å². The summed E-state index contributed by atoms with van der Waals surface area (Å²) in [5.41, 5.74) is 2.27. The van der Waals surface area contributed by atoms with Gasteiger partial charge in [0.05, 0.1) is 13.7 Å². The van der Waals surface area contributed by atoms with Crippen LogP contribution in [0.25, 0.3) is 0 Å². The summed E-state index contributed by atoms with van der Waals surface area (Å²) in [6, 6.07) is 4.81. The molecule has 0 unspecified atom stereocenters. The Morgan fingerprint density at radius 2 is 2.19 bits per heavy atom. The Kier molecular flexibility index (Phi) is 6.06. The highest BCUT2D eigenvalue weighted by Crippen LogP contribution is 2.29. The first-order valence-electron chi connectivity index (χ1n) is 7.32. The molecule has 1 aromatic rings. The van der Waals surface area contributed by atoms with Crippen LogP contribution in [0.2, 0.25) is 0 Å². The molecule has 0 spiro atoms. The lowest BCUT2D eigenvalue weighted by molar-refractivity contribution is -0.140. The van der Waals surface area contributed by atoms with Gasteiger partial charge >= 0.3 is 5.97 Å². The van der Waals surface area contributed by atoms with Crippen LogP contribution in [0.15, 0.2) is 16.6 Å². The van der Waals surface area contributed by atoms with Crippen molar-refractivity contribution < 1.29 is 14.3 Å². The molecule has 5 heteroatoms. The molecule has 1 aromatic carbocycles. The summed E-state index contributed by atoms with van der Waals surface area (Å²) in [5, 5.41) is 3.51. The molecule has 2 rings (SSSR count). The van der Waals surface area contributed by atoms with Crippen molar-refractivity contribution in [1.29, 1.82) is 0 Å². The van der Waals surface area contributed by atoms with Crippen molar-refractivity contribution in [3.8, 4) is 5.75 Å². The van der Waals surface area contributed by atoms with Gasteiger partial charge in [-0.05, 0) is 43.9 Å². The minimum Gasteiger partial charge on any atom is -0.493 e. The Balaban J connectivity index is 1.93. The summed E-state index contributed by atoms with van der Waals surface area (Å²) in [6.07, 6.45) is 3.59. The van der Waals surface area contributed by atoms with Crippen LogP contribution >= 0.6 is 15.9 Å². The van der Waals surface area contributed by atoms with Gasteiger partial charge in [-0.2, -0.15) is 0 Å². The van der Waals surface area contributed by atoms with Gasteiger partial charge in [-0.1, -0.05) is 15.9 Å². The lowest BCUT2D eigenvalue weighted by Crippen LogP contribution is -2.16. The monoisotopic (exact) mass is 355 g/mol. The van der Waals surface area contributed by atoms with Gasteiger partial charge in [0.2, 0.25) is 0 Å². The lowest BCUT2D eigenvalue weighted by atomic mass is 10.1. The quantitative estimate of drug-likeness (QED) is 0.573. The highest BCUT2D eigenvalue weighted by Gasteiger charge is 2.21. The molecule has 0 atom stereocenters. The summed E-state index contributed by atoms with van der Waals surface area (Å²) in [7, 11) is 1.41. The molecule has 1 aliphatic carbocycles. The summed E-state index contributed by atoms with van der Waals surface area (Å²) >= 11 is 3.54. The second-order valence-corrected chi connectivity index (χ2v) is 6.31. The third-order valence-corrected chi connectivity index (χ3v) is 3.93. The molecule has 0 radical (unpaired) electrons. The van der Waals surface area contributed by atoms with E-state index in [2.05, 4.69) is 38.1 Å². The van der Waals surface area contributed by atoms with E-state index in [-0.39, 0.29) is 5.97 Å². The standard InChI is InChI=1S/C16H22BrNO3/c1-11-8-13(17)9-12(10-18-14-5-6-14)16(11)21-7-3-4-15(19)20-2/h8-9,14,18H,3-7,10H2,1-2H3. The van der Waals surface area contributed by atoms with Crippen LogP contribution in [0, 0.1) is 6.92 Å². The van der Waals surface area contributed by atoms with Crippen LogP contribution in [-0.2, 0) is 16.1 Å². The van der Waals surface area contributed by atoms with Crippen molar-refractivity contribution in [2.24, 2.45) is 0 Å². The molecule has 0 aliphatic heterocycles. The zero-order valence-corrected chi connectivity index (χ0v) is 14.2. The van der Waals surface area contributed by atoms with Crippen LogP contribution in [0.4, 0.5) is 0 Å². The summed E-state index contributed by atoms with van der Waals surface area (Å²) in [4.78, 5) is 11.1. The SMILES string of the molecule is COC(=O)CCCOc1c(C)cc(Br)cc1CNC1CC1. The van der Waals surface area contributed by atoms with Crippen molar-refractivity contribution in [2.75, 3.05) is 13.7 Å². The van der Waals surface area contributed by atoms with Crippen LogP contribution < -0.4 is 10.1 Å². The molecule has 1 N–H and O–H groups in total. The molecule has 0 amide bonds. The Hall–Kier alpha value is -1.07. The average Bonchev–Trinajstić information content (AvgIpc) is 3.26. The number of nitrogens with one attached hydrogen (secondary N) is 1. The van der Waals surface area contributed by atoms with Crippen LogP contribution in [0.5, 0.6) is 5.75 Å². The van der Waals surface area contributed by atoms with Crippen molar-refractivity contribution in [3.63, 3.8) is 0 Å². The Morgan fingerprint density at radius 1 is 1.43 bits per heavy atom. The number of ether oxygens (including phenoxy) is 2. The molecule has 1 fully saturated rings. The van der Waals surface area contributed by atoms with E-state index in [0.717, 1.165) is 27.9 Å². The van der Waals surface area contributed by atoms with Gasteiger partial charge in [-0.25, -0.2) is 0 Å². The Bertz CT molecular complexity index is 501. The van der Waals surface area contributed by atoms with E-state index in [1.807, 2.05) is 6.92 Å². The normalized spacial score (nSPS) is 14.0. The van der Waals surface area contributed by atoms with Gasteiger partial charge in [-0.15, -0.1) is 0 Å². The summed E-state index contributed by atoms with van der Waals surface area (Å²) in [5.74, 6) is 0.734. The van der Waals surface area contributed by atoms with Gasteiger partial charge in [-0.3, -0.25) is 4.79 Å². The highest BCUT2D eigenvalue weighted by atomic mass is 79.9. The van der Waals surface area contributed by atoms with Crippen molar-refractivity contribution in [3.05, 3.63) is 27.7 Å². The van der Waals surface area contributed by atoms with E-state index in [1.54, 1.807) is 0 Å². The fourth-order valence-electron chi connectivity index (χ4n) is 2.17. The fraction of sp³-hybridized carbons (Fsp3) is 0.562. The number of rotatable bonds is 8. The van der Waals surface area contributed by atoms with Gasteiger partial charge in [0.25, 0.3) is 0 Å². The minimum atomic E-state index is -0.193. The van der Waals surface area contributed by atoms with Gasteiger partial charge in [0.1, 0.15) is 5.75 Å². The van der Waals surface area contributed by atoms with Gasteiger partial charge in [0, 0.05) is 29.0 Å². The maximum atomic E-state index is 11.1. The lowest BCUT2D eigenvalue weighted by Gasteiger charge is -2.15. The number of carbonyl (C=O) groups excluding carboxylic acids is 1. The molecule has 0 heterocycles. The Labute approximate surface area is 134 Å². The molecule has 116 valence electrons. The maximum Gasteiger partial charge on any atom is 0.305 e. The maximum absolute atomic E-state index is 11.1. The molecule has 0 saturated heterocycles. The molecular weight excluding hydrogens is 334 g/mol. The highest BCUT2D eigenvalue weighted by molar-refractivity contribution is 9.10. The molecule has 0 bridgehead atoms. The number of methoxy groups -OCH3 is 1. The van der Waals surface area contributed by atoms with E-state index >= 15 is 0 Å². The predicted octanol–water partition coefficient (Wildman–Crippen LogP) is 3.34. The number of aryl methyl sites for hydroxylation is 1. The minimum absolute atomic E-state index is 0.193. The summed E-state index contributed by atoms with van der Waals surface area (Å²) < 4.78 is 11.6. The number of benzene rings is 1. The smallest absolute Gasteiger partial charge is 0.305 e. The van der Waals surface area contributed by atoms with Gasteiger partial charge < -0.3 is 14.8 Å².